The van der Waals surface area contributed by atoms with Gasteiger partial charge in [0.1, 0.15) is 0 Å². The molecule has 0 saturated carbocycles. The van der Waals surface area contributed by atoms with E-state index in [1.807, 2.05) is 31.2 Å². The summed E-state index contributed by atoms with van der Waals surface area (Å²) in [7, 11) is 3.07. The molecule has 0 aliphatic rings. The Balaban J connectivity index is 2.87. The van der Waals surface area contributed by atoms with Crippen molar-refractivity contribution in [2.45, 2.75) is 38.3 Å². The number of carbonyl (C=O) groups excluding carboxylic acids is 1. The molecule has 1 aromatic carbocycles. The number of benzene rings is 1. The SMILES string of the molecule is CCC(N)C(CC(=O)OC)c1ccc(COC)cc1. The predicted octanol–water partition coefficient (Wildman–Crippen LogP) is 2.22. The average Bonchev–Trinajstić information content (AvgIpc) is 2.45. The Hall–Kier alpha value is -1.39. The summed E-state index contributed by atoms with van der Waals surface area (Å²) in [5.41, 5.74) is 8.29. The Morgan fingerprint density at radius 2 is 1.89 bits per heavy atom. The lowest BCUT2D eigenvalue weighted by Gasteiger charge is -2.22. The molecular formula is C15H23NO3. The van der Waals surface area contributed by atoms with Gasteiger partial charge in [-0.25, -0.2) is 0 Å². The highest BCUT2D eigenvalue weighted by Crippen LogP contribution is 2.25. The smallest absolute Gasteiger partial charge is 0.306 e. The molecule has 0 fully saturated rings. The number of nitrogens with two attached hydrogens (primary N) is 1. The minimum absolute atomic E-state index is 0.00551. The van der Waals surface area contributed by atoms with Gasteiger partial charge in [-0.2, -0.15) is 0 Å². The lowest BCUT2D eigenvalue weighted by Crippen LogP contribution is -2.29. The zero-order valence-electron chi connectivity index (χ0n) is 11.9. The van der Waals surface area contributed by atoms with Crippen LogP contribution in [0.2, 0.25) is 0 Å². The summed E-state index contributed by atoms with van der Waals surface area (Å²) >= 11 is 0. The standard InChI is InChI=1S/C15H23NO3/c1-4-14(16)13(9-15(17)19-3)12-7-5-11(6-8-12)10-18-2/h5-8,13-14H,4,9-10,16H2,1-3H3. The molecule has 0 heterocycles. The number of carbonyl (C=O) groups is 1. The minimum atomic E-state index is -0.227. The van der Waals surface area contributed by atoms with Gasteiger partial charge in [0, 0.05) is 19.1 Å². The van der Waals surface area contributed by atoms with Crippen LogP contribution in [0.5, 0.6) is 0 Å². The topological polar surface area (TPSA) is 61.6 Å². The number of hydrogen-bond acceptors (Lipinski definition) is 4. The second kappa shape index (κ2) is 7.92. The monoisotopic (exact) mass is 265 g/mol. The van der Waals surface area contributed by atoms with Gasteiger partial charge in [-0.1, -0.05) is 31.2 Å². The summed E-state index contributed by atoms with van der Waals surface area (Å²) in [4.78, 5) is 11.5. The summed E-state index contributed by atoms with van der Waals surface area (Å²) in [6.45, 7) is 2.61. The summed E-state index contributed by atoms with van der Waals surface area (Å²) in [5, 5.41) is 0. The van der Waals surface area contributed by atoms with Gasteiger partial charge in [-0.05, 0) is 17.5 Å². The van der Waals surface area contributed by atoms with Gasteiger partial charge in [-0.15, -0.1) is 0 Å². The van der Waals surface area contributed by atoms with Gasteiger partial charge in [0.2, 0.25) is 0 Å². The second-order valence-electron chi connectivity index (χ2n) is 4.63. The normalized spacial score (nSPS) is 13.9. The molecular weight excluding hydrogens is 242 g/mol. The molecule has 2 N–H and O–H groups in total. The molecule has 0 amide bonds. The molecule has 4 nitrogen and oxygen atoms in total. The average molecular weight is 265 g/mol. The Bertz CT molecular complexity index is 389. The number of hydrogen-bond donors (Lipinski definition) is 1. The van der Waals surface area contributed by atoms with Crippen LogP contribution < -0.4 is 5.73 Å². The largest absolute Gasteiger partial charge is 0.469 e. The highest BCUT2D eigenvalue weighted by Gasteiger charge is 2.22. The molecule has 1 rings (SSSR count). The van der Waals surface area contributed by atoms with Crippen molar-refractivity contribution < 1.29 is 14.3 Å². The fourth-order valence-electron chi connectivity index (χ4n) is 2.09. The van der Waals surface area contributed by atoms with E-state index in [0.29, 0.717) is 13.0 Å². The van der Waals surface area contributed by atoms with Crippen molar-refractivity contribution in [1.29, 1.82) is 0 Å². The molecule has 0 aromatic heterocycles. The first kappa shape index (κ1) is 15.7. The van der Waals surface area contributed by atoms with Crippen LogP contribution in [0.25, 0.3) is 0 Å². The number of ether oxygens (including phenoxy) is 2. The van der Waals surface area contributed by atoms with Crippen LogP contribution in [-0.2, 0) is 20.9 Å². The molecule has 0 aliphatic carbocycles. The zero-order chi connectivity index (χ0) is 14.3. The third-order valence-electron chi connectivity index (χ3n) is 3.32. The Morgan fingerprint density at radius 1 is 1.26 bits per heavy atom. The van der Waals surface area contributed by atoms with E-state index >= 15 is 0 Å². The van der Waals surface area contributed by atoms with E-state index in [1.54, 1.807) is 7.11 Å². The van der Waals surface area contributed by atoms with E-state index in [0.717, 1.165) is 17.5 Å². The van der Waals surface area contributed by atoms with Crippen molar-refractivity contribution in [3.05, 3.63) is 35.4 Å². The van der Waals surface area contributed by atoms with Crippen LogP contribution >= 0.6 is 0 Å². The Labute approximate surface area is 114 Å². The van der Waals surface area contributed by atoms with Gasteiger partial charge >= 0.3 is 5.97 Å². The Kier molecular flexibility index (Phi) is 6.53. The van der Waals surface area contributed by atoms with Gasteiger partial charge in [-0.3, -0.25) is 4.79 Å². The van der Waals surface area contributed by atoms with Crippen molar-refractivity contribution in [3.63, 3.8) is 0 Å². The lowest BCUT2D eigenvalue weighted by molar-refractivity contribution is -0.141. The van der Waals surface area contributed by atoms with Crippen LogP contribution in [0.3, 0.4) is 0 Å². The minimum Gasteiger partial charge on any atom is -0.469 e. The summed E-state index contributed by atoms with van der Waals surface area (Å²) in [5.74, 6) is -0.232. The van der Waals surface area contributed by atoms with Gasteiger partial charge in [0.25, 0.3) is 0 Å². The maximum Gasteiger partial charge on any atom is 0.306 e. The molecule has 0 bridgehead atoms. The third-order valence-corrected chi connectivity index (χ3v) is 3.32. The summed E-state index contributed by atoms with van der Waals surface area (Å²) in [6, 6.07) is 7.98. The summed E-state index contributed by atoms with van der Waals surface area (Å²) in [6.07, 6.45) is 1.14. The maximum absolute atomic E-state index is 11.5. The highest BCUT2D eigenvalue weighted by molar-refractivity contribution is 5.70. The quantitative estimate of drug-likeness (QED) is 0.768. The van der Waals surface area contributed by atoms with E-state index in [4.69, 9.17) is 15.2 Å². The van der Waals surface area contributed by atoms with Crippen molar-refractivity contribution >= 4 is 5.97 Å². The van der Waals surface area contributed by atoms with Gasteiger partial charge < -0.3 is 15.2 Å². The molecule has 0 saturated heterocycles. The van der Waals surface area contributed by atoms with Gasteiger partial charge in [0.05, 0.1) is 20.1 Å². The first-order valence-corrected chi connectivity index (χ1v) is 6.52. The van der Waals surface area contributed by atoms with Gasteiger partial charge in [0.15, 0.2) is 0 Å². The highest BCUT2D eigenvalue weighted by atomic mass is 16.5. The molecule has 2 unspecified atom stereocenters. The summed E-state index contributed by atoms with van der Waals surface area (Å²) < 4.78 is 9.82. The Morgan fingerprint density at radius 3 is 2.37 bits per heavy atom. The van der Waals surface area contributed by atoms with Crippen molar-refractivity contribution in [2.75, 3.05) is 14.2 Å². The van der Waals surface area contributed by atoms with E-state index in [1.165, 1.54) is 7.11 Å². The van der Waals surface area contributed by atoms with E-state index in [9.17, 15) is 4.79 Å². The number of esters is 1. The number of methoxy groups -OCH3 is 2. The second-order valence-corrected chi connectivity index (χ2v) is 4.63. The zero-order valence-corrected chi connectivity index (χ0v) is 11.9. The third kappa shape index (κ3) is 4.65. The number of rotatable bonds is 7. The molecule has 1 aromatic rings. The van der Waals surface area contributed by atoms with Crippen LogP contribution in [0.4, 0.5) is 0 Å². The first-order valence-electron chi connectivity index (χ1n) is 6.52. The molecule has 19 heavy (non-hydrogen) atoms. The van der Waals surface area contributed by atoms with E-state index in [2.05, 4.69) is 0 Å². The van der Waals surface area contributed by atoms with Crippen LogP contribution in [0, 0.1) is 0 Å². The van der Waals surface area contributed by atoms with Crippen LogP contribution in [0.15, 0.2) is 24.3 Å². The van der Waals surface area contributed by atoms with Crippen molar-refractivity contribution in [1.82, 2.24) is 0 Å². The molecule has 2 atom stereocenters. The molecule has 106 valence electrons. The van der Waals surface area contributed by atoms with Crippen LogP contribution in [-0.4, -0.2) is 26.2 Å². The first-order chi connectivity index (χ1) is 9.12. The van der Waals surface area contributed by atoms with E-state index in [-0.39, 0.29) is 17.9 Å². The molecule has 0 aliphatic heterocycles. The fraction of sp³-hybridized carbons (Fsp3) is 0.533. The van der Waals surface area contributed by atoms with Crippen LogP contribution in [0.1, 0.15) is 36.8 Å². The van der Waals surface area contributed by atoms with Crippen molar-refractivity contribution in [2.24, 2.45) is 5.73 Å². The fourth-order valence-corrected chi connectivity index (χ4v) is 2.09. The van der Waals surface area contributed by atoms with E-state index < -0.39 is 0 Å². The maximum atomic E-state index is 11.5. The molecule has 4 heteroatoms. The molecule has 0 spiro atoms. The molecule has 0 radical (unpaired) electrons. The predicted molar refractivity (Wildman–Crippen MR) is 74.8 cm³/mol. The lowest BCUT2D eigenvalue weighted by atomic mass is 9.87. The van der Waals surface area contributed by atoms with Crippen molar-refractivity contribution in [3.8, 4) is 0 Å².